The smallest absolute Gasteiger partial charge is 0.119 e. The van der Waals surface area contributed by atoms with Gasteiger partial charge in [-0.15, -0.1) is 0 Å². The molecule has 18 heavy (non-hydrogen) atoms. The highest BCUT2D eigenvalue weighted by molar-refractivity contribution is 5.26. The summed E-state index contributed by atoms with van der Waals surface area (Å²) in [5.41, 5.74) is 1.28. The van der Waals surface area contributed by atoms with Crippen LogP contribution in [-0.2, 0) is 0 Å². The Balaban J connectivity index is 1.79. The molecule has 1 aromatic rings. The molecule has 100 valence electrons. The van der Waals surface area contributed by atoms with Crippen LogP contribution in [0.25, 0.3) is 0 Å². The van der Waals surface area contributed by atoms with Crippen LogP contribution in [0.1, 0.15) is 44.6 Å². The first kappa shape index (κ1) is 13.4. The van der Waals surface area contributed by atoms with E-state index in [9.17, 15) is 0 Å². The lowest BCUT2D eigenvalue weighted by atomic mass is 10.2. The van der Waals surface area contributed by atoms with Crippen molar-refractivity contribution in [3.05, 3.63) is 29.8 Å². The van der Waals surface area contributed by atoms with E-state index in [1.54, 1.807) is 0 Å². The largest absolute Gasteiger partial charge is 0.489 e. The maximum Gasteiger partial charge on any atom is 0.119 e. The van der Waals surface area contributed by atoms with Gasteiger partial charge in [0, 0.05) is 12.6 Å². The second kappa shape index (κ2) is 6.79. The summed E-state index contributed by atoms with van der Waals surface area (Å²) in [7, 11) is 0. The van der Waals surface area contributed by atoms with E-state index in [0.29, 0.717) is 0 Å². The van der Waals surface area contributed by atoms with Gasteiger partial charge in [0.2, 0.25) is 0 Å². The Morgan fingerprint density at radius 2 is 1.89 bits per heavy atom. The minimum Gasteiger partial charge on any atom is -0.489 e. The fraction of sp³-hybridized carbons (Fsp3) is 0.625. The molecule has 0 radical (unpaired) electrons. The predicted molar refractivity (Wildman–Crippen MR) is 76.1 cm³/mol. The molecule has 0 saturated heterocycles. The molecule has 1 aliphatic carbocycles. The molecular weight excluding hydrogens is 222 g/mol. The second-order valence-corrected chi connectivity index (χ2v) is 5.35. The molecule has 2 rings (SSSR count). The fourth-order valence-corrected chi connectivity index (χ4v) is 2.51. The Morgan fingerprint density at radius 3 is 2.50 bits per heavy atom. The van der Waals surface area contributed by atoms with E-state index in [1.807, 2.05) is 0 Å². The molecule has 2 heteroatoms. The first-order chi connectivity index (χ1) is 8.78. The van der Waals surface area contributed by atoms with Crippen LogP contribution in [0, 0.1) is 6.92 Å². The zero-order valence-electron chi connectivity index (χ0n) is 11.6. The zero-order chi connectivity index (χ0) is 12.8. The van der Waals surface area contributed by atoms with Gasteiger partial charge in [0.1, 0.15) is 11.9 Å². The standard InChI is InChI=1S/C16H25NO/c1-3-15(12-17-14-6-4-5-7-14)18-16-10-8-13(2)9-11-16/h8-11,14-15,17H,3-7,12H2,1-2H3. The third-order valence-electron chi connectivity index (χ3n) is 3.77. The molecule has 0 aromatic heterocycles. The summed E-state index contributed by atoms with van der Waals surface area (Å²) < 4.78 is 6.02. The van der Waals surface area contributed by atoms with Gasteiger partial charge in [-0.1, -0.05) is 37.5 Å². The van der Waals surface area contributed by atoms with Crippen LogP contribution in [0.3, 0.4) is 0 Å². The van der Waals surface area contributed by atoms with E-state index < -0.39 is 0 Å². The Morgan fingerprint density at radius 1 is 1.22 bits per heavy atom. The minimum atomic E-state index is 0.285. The van der Waals surface area contributed by atoms with Gasteiger partial charge in [-0.2, -0.15) is 0 Å². The quantitative estimate of drug-likeness (QED) is 0.828. The third kappa shape index (κ3) is 4.02. The summed E-state index contributed by atoms with van der Waals surface area (Å²) in [6.07, 6.45) is 6.77. The topological polar surface area (TPSA) is 21.3 Å². The van der Waals surface area contributed by atoms with E-state index in [0.717, 1.165) is 24.8 Å². The maximum absolute atomic E-state index is 6.02. The molecule has 1 fully saturated rings. The predicted octanol–water partition coefficient (Wildman–Crippen LogP) is 3.68. The summed E-state index contributed by atoms with van der Waals surface area (Å²) in [6.45, 7) is 5.26. The molecule has 1 saturated carbocycles. The molecule has 0 aliphatic heterocycles. The van der Waals surface area contributed by atoms with Gasteiger partial charge in [0.15, 0.2) is 0 Å². The van der Waals surface area contributed by atoms with Crippen LogP contribution >= 0.6 is 0 Å². The number of hydrogen-bond acceptors (Lipinski definition) is 2. The second-order valence-electron chi connectivity index (χ2n) is 5.35. The van der Waals surface area contributed by atoms with Crippen molar-refractivity contribution in [2.75, 3.05) is 6.54 Å². The van der Waals surface area contributed by atoms with Crippen molar-refractivity contribution in [1.82, 2.24) is 5.32 Å². The van der Waals surface area contributed by atoms with Gasteiger partial charge in [-0.05, 0) is 38.3 Å². The third-order valence-corrected chi connectivity index (χ3v) is 3.77. The van der Waals surface area contributed by atoms with Crippen LogP contribution in [-0.4, -0.2) is 18.7 Å². The zero-order valence-corrected chi connectivity index (χ0v) is 11.6. The highest BCUT2D eigenvalue weighted by Gasteiger charge is 2.16. The fourth-order valence-electron chi connectivity index (χ4n) is 2.51. The Kier molecular flexibility index (Phi) is 5.06. The number of benzene rings is 1. The van der Waals surface area contributed by atoms with Crippen LogP contribution in [0.4, 0.5) is 0 Å². The van der Waals surface area contributed by atoms with Crippen molar-refractivity contribution < 1.29 is 4.74 Å². The van der Waals surface area contributed by atoms with Gasteiger partial charge in [-0.3, -0.25) is 0 Å². The van der Waals surface area contributed by atoms with E-state index in [4.69, 9.17) is 4.74 Å². The van der Waals surface area contributed by atoms with E-state index in [2.05, 4.69) is 43.4 Å². The average molecular weight is 247 g/mol. The highest BCUT2D eigenvalue weighted by atomic mass is 16.5. The Bertz CT molecular complexity index is 341. The van der Waals surface area contributed by atoms with Crippen molar-refractivity contribution in [2.45, 2.75) is 58.1 Å². The monoisotopic (exact) mass is 247 g/mol. The number of hydrogen-bond donors (Lipinski definition) is 1. The lowest BCUT2D eigenvalue weighted by Gasteiger charge is -2.20. The molecule has 1 unspecified atom stereocenters. The van der Waals surface area contributed by atoms with Crippen molar-refractivity contribution in [1.29, 1.82) is 0 Å². The number of ether oxygens (including phenoxy) is 1. The van der Waals surface area contributed by atoms with Crippen LogP contribution in [0.2, 0.25) is 0 Å². The molecule has 0 heterocycles. The Hall–Kier alpha value is -1.02. The van der Waals surface area contributed by atoms with Crippen LogP contribution in [0.5, 0.6) is 5.75 Å². The van der Waals surface area contributed by atoms with Crippen molar-refractivity contribution in [3.8, 4) is 5.75 Å². The first-order valence-corrected chi connectivity index (χ1v) is 7.24. The molecule has 0 spiro atoms. The van der Waals surface area contributed by atoms with Crippen LogP contribution < -0.4 is 10.1 Å². The van der Waals surface area contributed by atoms with E-state index >= 15 is 0 Å². The minimum absolute atomic E-state index is 0.285. The van der Waals surface area contributed by atoms with Crippen molar-refractivity contribution in [2.24, 2.45) is 0 Å². The number of aryl methyl sites for hydroxylation is 1. The maximum atomic E-state index is 6.02. The van der Waals surface area contributed by atoms with Crippen molar-refractivity contribution >= 4 is 0 Å². The summed E-state index contributed by atoms with van der Waals surface area (Å²) >= 11 is 0. The first-order valence-electron chi connectivity index (χ1n) is 7.24. The summed E-state index contributed by atoms with van der Waals surface area (Å²) in [5, 5.41) is 3.64. The van der Waals surface area contributed by atoms with Gasteiger partial charge < -0.3 is 10.1 Å². The van der Waals surface area contributed by atoms with E-state index in [1.165, 1.54) is 31.2 Å². The van der Waals surface area contributed by atoms with Gasteiger partial charge in [-0.25, -0.2) is 0 Å². The highest BCUT2D eigenvalue weighted by Crippen LogP contribution is 2.18. The summed E-state index contributed by atoms with van der Waals surface area (Å²) in [5.74, 6) is 0.987. The molecule has 0 bridgehead atoms. The lowest BCUT2D eigenvalue weighted by molar-refractivity contribution is 0.188. The number of nitrogens with one attached hydrogen (secondary N) is 1. The molecule has 1 N–H and O–H groups in total. The molecule has 1 atom stereocenters. The van der Waals surface area contributed by atoms with Crippen LogP contribution in [0.15, 0.2) is 24.3 Å². The summed E-state index contributed by atoms with van der Waals surface area (Å²) in [6, 6.07) is 9.06. The molecule has 1 aliphatic rings. The van der Waals surface area contributed by atoms with E-state index in [-0.39, 0.29) is 6.10 Å². The lowest BCUT2D eigenvalue weighted by Crippen LogP contribution is -2.36. The molecule has 2 nitrogen and oxygen atoms in total. The SMILES string of the molecule is CCC(CNC1CCCC1)Oc1ccc(C)cc1. The normalized spacial score (nSPS) is 17.9. The average Bonchev–Trinajstić information content (AvgIpc) is 2.90. The van der Waals surface area contributed by atoms with Gasteiger partial charge >= 0.3 is 0 Å². The molecular formula is C16H25NO. The summed E-state index contributed by atoms with van der Waals surface area (Å²) in [4.78, 5) is 0. The van der Waals surface area contributed by atoms with Gasteiger partial charge in [0.05, 0.1) is 0 Å². The molecule has 0 amide bonds. The van der Waals surface area contributed by atoms with Crippen molar-refractivity contribution in [3.63, 3.8) is 0 Å². The number of rotatable bonds is 6. The van der Waals surface area contributed by atoms with Gasteiger partial charge in [0.25, 0.3) is 0 Å². The Labute approximate surface area is 111 Å². The molecule has 1 aromatic carbocycles.